The molecule has 25 heavy (non-hydrogen) atoms. The number of hydrogen-bond donors (Lipinski definition) is 1. The van der Waals surface area contributed by atoms with Crippen LogP contribution in [0.4, 0.5) is 14.5 Å². The van der Waals surface area contributed by atoms with E-state index < -0.39 is 29.8 Å². The van der Waals surface area contributed by atoms with Gasteiger partial charge in [-0.1, -0.05) is 36.0 Å². The summed E-state index contributed by atoms with van der Waals surface area (Å²) < 4.78 is 29.0. The van der Waals surface area contributed by atoms with Gasteiger partial charge >= 0.3 is 18.5 Å². The third-order valence-corrected chi connectivity index (χ3v) is 4.92. The van der Waals surface area contributed by atoms with Crippen molar-refractivity contribution in [3.8, 4) is 18.1 Å². The third-order valence-electron chi connectivity index (χ3n) is 4.07. The lowest BCUT2D eigenvalue weighted by Gasteiger charge is -2.37. The van der Waals surface area contributed by atoms with E-state index in [0.29, 0.717) is 12.8 Å². The summed E-state index contributed by atoms with van der Waals surface area (Å²) >= 11 is 12.0. The van der Waals surface area contributed by atoms with Crippen molar-refractivity contribution in [2.45, 2.75) is 37.8 Å². The number of benzene rings is 1. The Morgan fingerprint density at radius 1 is 1.28 bits per heavy atom. The first-order valence-electron chi connectivity index (χ1n) is 7.21. The number of carbonyl (C=O) groups is 2. The van der Waals surface area contributed by atoms with Crippen LogP contribution in [0.15, 0.2) is 12.1 Å². The van der Waals surface area contributed by atoms with Crippen LogP contribution in [0, 0.1) is 12.3 Å². The molecule has 134 valence electrons. The molecule has 9 heteroatoms. The molecule has 2 rings (SSSR count). The first-order valence-corrected chi connectivity index (χ1v) is 7.97. The molecule has 1 amide bonds. The van der Waals surface area contributed by atoms with Crippen molar-refractivity contribution in [3.63, 3.8) is 0 Å². The minimum absolute atomic E-state index is 0.0690. The highest BCUT2D eigenvalue weighted by Crippen LogP contribution is 2.45. The number of aliphatic carboxylic acids is 1. The molecule has 0 saturated heterocycles. The van der Waals surface area contributed by atoms with Crippen LogP contribution in [-0.4, -0.2) is 29.1 Å². The molecule has 0 aliphatic heterocycles. The van der Waals surface area contributed by atoms with Gasteiger partial charge in [-0.25, -0.2) is 4.79 Å². The normalized spacial score (nSPS) is 15.7. The molecule has 0 unspecified atom stereocenters. The SMILES string of the molecule is C#CC(=O)N(c1ccc(OC(F)F)c(Cl)c1Cl)C1(C(=O)O)CCCC1. The summed E-state index contributed by atoms with van der Waals surface area (Å²) in [5, 5.41) is 9.05. The Morgan fingerprint density at radius 2 is 1.88 bits per heavy atom. The van der Waals surface area contributed by atoms with Gasteiger partial charge in [-0.05, 0) is 30.9 Å². The number of rotatable bonds is 5. The van der Waals surface area contributed by atoms with Crippen molar-refractivity contribution in [1.29, 1.82) is 0 Å². The van der Waals surface area contributed by atoms with E-state index in [1.54, 1.807) is 0 Å². The fourth-order valence-electron chi connectivity index (χ4n) is 2.97. The molecule has 0 aromatic heterocycles. The van der Waals surface area contributed by atoms with E-state index >= 15 is 0 Å². The Kier molecular flexibility index (Phi) is 5.76. The number of carbonyl (C=O) groups excluding carboxylic acids is 1. The number of carboxylic acid groups (broad SMARTS) is 1. The van der Waals surface area contributed by atoms with Crippen LogP contribution in [-0.2, 0) is 9.59 Å². The highest BCUT2D eigenvalue weighted by Gasteiger charge is 2.50. The largest absolute Gasteiger partial charge is 0.479 e. The molecule has 1 N–H and O–H groups in total. The van der Waals surface area contributed by atoms with Crippen LogP contribution in [0.3, 0.4) is 0 Å². The number of carboxylic acids is 1. The maximum absolute atomic E-state index is 12.4. The molecule has 5 nitrogen and oxygen atoms in total. The monoisotopic (exact) mass is 391 g/mol. The van der Waals surface area contributed by atoms with Crippen LogP contribution < -0.4 is 9.64 Å². The average Bonchev–Trinajstić information content (AvgIpc) is 3.04. The summed E-state index contributed by atoms with van der Waals surface area (Å²) in [6, 6.07) is 2.27. The molecule has 0 atom stereocenters. The maximum Gasteiger partial charge on any atom is 0.387 e. The lowest BCUT2D eigenvalue weighted by atomic mass is 9.94. The quantitative estimate of drug-likeness (QED) is 0.771. The highest BCUT2D eigenvalue weighted by atomic mass is 35.5. The summed E-state index contributed by atoms with van der Waals surface area (Å²) in [5.41, 5.74) is -1.64. The molecule has 0 heterocycles. The average molecular weight is 392 g/mol. The van der Waals surface area contributed by atoms with Crippen LogP contribution in [0.1, 0.15) is 25.7 Å². The van der Waals surface area contributed by atoms with Gasteiger partial charge in [0.25, 0.3) is 0 Å². The standard InChI is InChI=1S/C16H13Cl2F2NO4/c1-2-11(22)21(16(14(23)24)7-3-4-8-16)9-5-6-10(25-15(19)20)13(18)12(9)17/h1,5-6,15H,3-4,7-8H2,(H,23,24). The van der Waals surface area contributed by atoms with Crippen LogP contribution >= 0.6 is 23.2 Å². The molecule has 1 saturated carbocycles. The lowest BCUT2D eigenvalue weighted by molar-refractivity contribution is -0.144. The zero-order chi connectivity index (χ0) is 18.8. The number of anilines is 1. The van der Waals surface area contributed by atoms with Gasteiger partial charge in [0, 0.05) is 0 Å². The van der Waals surface area contributed by atoms with E-state index in [1.165, 1.54) is 6.07 Å². The molecular formula is C16H13Cl2F2NO4. The number of ether oxygens (including phenoxy) is 1. The van der Waals surface area contributed by atoms with Gasteiger partial charge in [0.2, 0.25) is 0 Å². The fourth-order valence-corrected chi connectivity index (χ4v) is 3.42. The maximum atomic E-state index is 12.4. The Balaban J connectivity index is 2.61. The van der Waals surface area contributed by atoms with Crippen LogP contribution in [0.25, 0.3) is 0 Å². The van der Waals surface area contributed by atoms with E-state index in [2.05, 4.69) is 4.74 Å². The number of nitrogens with zero attached hydrogens (tertiary/aromatic N) is 1. The molecule has 1 aromatic carbocycles. The van der Waals surface area contributed by atoms with Crippen LogP contribution in [0.2, 0.25) is 10.0 Å². The summed E-state index contributed by atoms with van der Waals surface area (Å²) in [6.45, 7) is -3.12. The van der Waals surface area contributed by atoms with Crippen LogP contribution in [0.5, 0.6) is 5.75 Å². The van der Waals surface area contributed by atoms with Gasteiger partial charge in [0.05, 0.1) is 10.7 Å². The number of terminal acetylenes is 1. The van der Waals surface area contributed by atoms with Crippen molar-refractivity contribution in [3.05, 3.63) is 22.2 Å². The second-order valence-corrected chi connectivity index (χ2v) is 6.17. The molecule has 1 aliphatic carbocycles. The fraction of sp³-hybridized carbons (Fsp3) is 0.375. The van der Waals surface area contributed by atoms with Gasteiger partial charge < -0.3 is 9.84 Å². The van der Waals surface area contributed by atoms with Gasteiger partial charge in [-0.2, -0.15) is 8.78 Å². The Labute approximate surface area is 152 Å². The third kappa shape index (κ3) is 3.51. The Morgan fingerprint density at radius 3 is 2.36 bits per heavy atom. The zero-order valence-electron chi connectivity index (χ0n) is 12.8. The second-order valence-electron chi connectivity index (χ2n) is 5.42. The van der Waals surface area contributed by atoms with E-state index in [9.17, 15) is 23.5 Å². The zero-order valence-corrected chi connectivity index (χ0v) is 14.3. The van der Waals surface area contributed by atoms with Gasteiger partial charge in [0.15, 0.2) is 0 Å². The van der Waals surface area contributed by atoms with Crippen molar-refractivity contribution in [2.24, 2.45) is 0 Å². The summed E-state index contributed by atoms with van der Waals surface area (Å²) in [5.74, 6) is -0.650. The minimum atomic E-state index is -3.12. The molecule has 0 spiro atoms. The van der Waals surface area contributed by atoms with Crippen molar-refractivity contribution in [1.82, 2.24) is 0 Å². The first kappa shape index (κ1) is 19.3. The summed E-state index contributed by atoms with van der Waals surface area (Å²) in [7, 11) is 0. The number of halogens is 4. The minimum Gasteiger partial charge on any atom is -0.479 e. The van der Waals surface area contributed by atoms with E-state index in [1.807, 2.05) is 5.92 Å². The molecule has 0 bridgehead atoms. The number of amides is 1. The molecule has 1 aromatic rings. The Hall–Kier alpha value is -2.04. The summed E-state index contributed by atoms with van der Waals surface area (Å²) in [6.07, 6.45) is 6.71. The molecular weight excluding hydrogens is 379 g/mol. The summed E-state index contributed by atoms with van der Waals surface area (Å²) in [4.78, 5) is 25.1. The van der Waals surface area contributed by atoms with Gasteiger partial charge in [-0.15, -0.1) is 6.42 Å². The molecule has 1 fully saturated rings. The number of alkyl halides is 2. The smallest absolute Gasteiger partial charge is 0.387 e. The van der Waals surface area contributed by atoms with Crippen molar-refractivity contribution < 1.29 is 28.2 Å². The Bertz CT molecular complexity index is 742. The van der Waals surface area contributed by atoms with Crippen molar-refractivity contribution >= 4 is 40.8 Å². The molecule has 1 aliphatic rings. The predicted octanol–water partition coefficient (Wildman–Crippen LogP) is 3.96. The number of hydrogen-bond acceptors (Lipinski definition) is 3. The van der Waals surface area contributed by atoms with Gasteiger partial charge in [0.1, 0.15) is 16.3 Å². The topological polar surface area (TPSA) is 66.8 Å². The van der Waals surface area contributed by atoms with E-state index in [-0.39, 0.29) is 28.6 Å². The van der Waals surface area contributed by atoms with Crippen molar-refractivity contribution in [2.75, 3.05) is 4.90 Å². The van der Waals surface area contributed by atoms with E-state index in [4.69, 9.17) is 29.6 Å². The first-order chi connectivity index (χ1) is 11.7. The second kappa shape index (κ2) is 7.46. The predicted molar refractivity (Wildman–Crippen MR) is 88.2 cm³/mol. The van der Waals surface area contributed by atoms with E-state index in [0.717, 1.165) is 11.0 Å². The van der Waals surface area contributed by atoms with Gasteiger partial charge in [-0.3, -0.25) is 9.69 Å². The lowest BCUT2D eigenvalue weighted by Crippen LogP contribution is -2.55. The molecule has 0 radical (unpaired) electrons. The highest BCUT2D eigenvalue weighted by molar-refractivity contribution is 6.45.